The van der Waals surface area contributed by atoms with Crippen molar-refractivity contribution in [3.63, 3.8) is 0 Å². The normalized spacial score (nSPS) is 13.2. The first-order valence-electron chi connectivity index (χ1n) is 4.26. The molecule has 0 rings (SSSR count). The van der Waals surface area contributed by atoms with Crippen LogP contribution < -0.4 is 5.32 Å². The molecule has 0 spiro atoms. The number of ether oxygens (including phenoxy) is 2. The Kier molecular flexibility index (Phi) is 8.81. The van der Waals surface area contributed by atoms with Crippen molar-refractivity contribution >= 4 is 0 Å². The third kappa shape index (κ3) is 6.54. The fourth-order valence-electron chi connectivity index (χ4n) is 0.857. The zero-order chi connectivity index (χ0) is 9.23. The standard InChI is InChI=1S/C8H19NO3/c1-3-12-5-4-9-8(6-10)7-11-2/h8-10H,3-7H2,1-2H3. The lowest BCUT2D eigenvalue weighted by atomic mass is 10.3. The van der Waals surface area contributed by atoms with E-state index in [4.69, 9.17) is 14.6 Å². The van der Waals surface area contributed by atoms with Crippen LogP contribution in [-0.2, 0) is 9.47 Å². The second-order valence-electron chi connectivity index (χ2n) is 2.49. The molecule has 2 N–H and O–H groups in total. The third-order valence-corrected chi connectivity index (χ3v) is 1.47. The highest BCUT2D eigenvalue weighted by Gasteiger charge is 2.03. The predicted molar refractivity (Wildman–Crippen MR) is 47.2 cm³/mol. The summed E-state index contributed by atoms with van der Waals surface area (Å²) in [5.41, 5.74) is 0. The van der Waals surface area contributed by atoms with Crippen molar-refractivity contribution in [3.05, 3.63) is 0 Å². The Bertz CT molecular complexity index is 90.4. The van der Waals surface area contributed by atoms with E-state index in [0.717, 1.165) is 13.2 Å². The van der Waals surface area contributed by atoms with Crippen LogP contribution in [-0.4, -0.2) is 51.2 Å². The lowest BCUT2D eigenvalue weighted by molar-refractivity contribution is 0.111. The van der Waals surface area contributed by atoms with Gasteiger partial charge >= 0.3 is 0 Å². The SMILES string of the molecule is CCOCCNC(CO)COC. The van der Waals surface area contributed by atoms with Crippen LogP contribution >= 0.6 is 0 Å². The van der Waals surface area contributed by atoms with Crippen LogP contribution in [0.25, 0.3) is 0 Å². The van der Waals surface area contributed by atoms with Crippen LogP contribution in [0.2, 0.25) is 0 Å². The molecule has 0 amide bonds. The van der Waals surface area contributed by atoms with Gasteiger partial charge in [0.25, 0.3) is 0 Å². The van der Waals surface area contributed by atoms with E-state index < -0.39 is 0 Å². The van der Waals surface area contributed by atoms with Crippen molar-refractivity contribution in [2.45, 2.75) is 13.0 Å². The molecule has 0 radical (unpaired) electrons. The molecule has 0 aliphatic heterocycles. The highest BCUT2D eigenvalue weighted by molar-refractivity contribution is 4.63. The molecule has 0 aliphatic carbocycles. The monoisotopic (exact) mass is 177 g/mol. The minimum atomic E-state index is 0.0236. The number of hydrogen-bond acceptors (Lipinski definition) is 4. The van der Waals surface area contributed by atoms with Gasteiger partial charge in [-0.3, -0.25) is 0 Å². The number of hydrogen-bond donors (Lipinski definition) is 2. The van der Waals surface area contributed by atoms with Crippen LogP contribution in [0.3, 0.4) is 0 Å². The zero-order valence-corrected chi connectivity index (χ0v) is 7.88. The molecule has 0 saturated heterocycles. The Morgan fingerprint density at radius 1 is 1.50 bits per heavy atom. The lowest BCUT2D eigenvalue weighted by Gasteiger charge is -2.14. The van der Waals surface area contributed by atoms with E-state index in [-0.39, 0.29) is 12.6 Å². The molecular formula is C8H19NO3. The Hall–Kier alpha value is -0.160. The second kappa shape index (κ2) is 8.93. The fraction of sp³-hybridized carbons (Fsp3) is 1.00. The number of rotatable bonds is 8. The van der Waals surface area contributed by atoms with Crippen LogP contribution in [0.5, 0.6) is 0 Å². The molecule has 0 heterocycles. The van der Waals surface area contributed by atoms with Crippen LogP contribution in [0.15, 0.2) is 0 Å². The van der Waals surface area contributed by atoms with Crippen LogP contribution in [0, 0.1) is 0 Å². The number of aliphatic hydroxyl groups is 1. The van der Waals surface area contributed by atoms with Crippen molar-refractivity contribution in [2.75, 3.05) is 40.1 Å². The van der Waals surface area contributed by atoms with Gasteiger partial charge in [-0.15, -0.1) is 0 Å². The molecule has 0 aromatic carbocycles. The van der Waals surface area contributed by atoms with E-state index in [1.165, 1.54) is 0 Å². The average molecular weight is 177 g/mol. The molecule has 0 saturated carbocycles. The molecule has 0 aromatic heterocycles. The minimum Gasteiger partial charge on any atom is -0.395 e. The molecule has 1 atom stereocenters. The summed E-state index contributed by atoms with van der Waals surface area (Å²) in [6.45, 7) is 4.75. The first kappa shape index (κ1) is 11.8. The van der Waals surface area contributed by atoms with E-state index in [1.54, 1.807) is 7.11 Å². The van der Waals surface area contributed by atoms with Crippen molar-refractivity contribution < 1.29 is 14.6 Å². The lowest BCUT2D eigenvalue weighted by Crippen LogP contribution is -2.38. The van der Waals surface area contributed by atoms with Crippen molar-refractivity contribution in [3.8, 4) is 0 Å². The molecule has 1 unspecified atom stereocenters. The Labute approximate surface area is 73.9 Å². The summed E-state index contributed by atoms with van der Waals surface area (Å²) in [7, 11) is 1.62. The molecular weight excluding hydrogens is 158 g/mol. The molecule has 0 aromatic rings. The van der Waals surface area contributed by atoms with Gasteiger partial charge in [0.2, 0.25) is 0 Å². The van der Waals surface area contributed by atoms with Gasteiger partial charge in [0.05, 0.1) is 25.9 Å². The molecule has 4 heteroatoms. The quantitative estimate of drug-likeness (QED) is 0.496. The zero-order valence-electron chi connectivity index (χ0n) is 7.88. The van der Waals surface area contributed by atoms with Gasteiger partial charge in [0.1, 0.15) is 0 Å². The molecule has 12 heavy (non-hydrogen) atoms. The number of aliphatic hydroxyl groups excluding tert-OH is 1. The van der Waals surface area contributed by atoms with Crippen molar-refractivity contribution in [1.29, 1.82) is 0 Å². The summed E-state index contributed by atoms with van der Waals surface area (Å²) in [4.78, 5) is 0. The van der Waals surface area contributed by atoms with Gasteiger partial charge < -0.3 is 19.9 Å². The fourth-order valence-corrected chi connectivity index (χ4v) is 0.857. The van der Waals surface area contributed by atoms with Crippen LogP contribution in [0.1, 0.15) is 6.92 Å². The Balaban J connectivity index is 3.19. The smallest absolute Gasteiger partial charge is 0.0638 e. The maximum Gasteiger partial charge on any atom is 0.0638 e. The van der Waals surface area contributed by atoms with Gasteiger partial charge in [0.15, 0.2) is 0 Å². The van der Waals surface area contributed by atoms with E-state index in [2.05, 4.69) is 5.32 Å². The Morgan fingerprint density at radius 2 is 2.25 bits per heavy atom. The summed E-state index contributed by atoms with van der Waals surface area (Å²) in [5, 5.41) is 11.9. The topological polar surface area (TPSA) is 50.7 Å². The van der Waals surface area contributed by atoms with Gasteiger partial charge in [-0.1, -0.05) is 0 Å². The summed E-state index contributed by atoms with van der Waals surface area (Å²) in [6.07, 6.45) is 0. The predicted octanol–water partition coefficient (Wildman–Crippen LogP) is -0.380. The van der Waals surface area contributed by atoms with E-state index >= 15 is 0 Å². The molecule has 4 nitrogen and oxygen atoms in total. The summed E-state index contributed by atoms with van der Waals surface area (Å²) in [5.74, 6) is 0. The van der Waals surface area contributed by atoms with Gasteiger partial charge in [0, 0.05) is 20.3 Å². The highest BCUT2D eigenvalue weighted by atomic mass is 16.5. The summed E-state index contributed by atoms with van der Waals surface area (Å²) >= 11 is 0. The average Bonchev–Trinajstić information content (AvgIpc) is 2.10. The largest absolute Gasteiger partial charge is 0.395 e. The number of methoxy groups -OCH3 is 1. The summed E-state index contributed by atoms with van der Waals surface area (Å²) in [6, 6.07) is 0.0236. The second-order valence-corrected chi connectivity index (χ2v) is 2.49. The van der Waals surface area contributed by atoms with Crippen molar-refractivity contribution in [2.24, 2.45) is 0 Å². The minimum absolute atomic E-state index is 0.0236. The molecule has 74 valence electrons. The first-order valence-corrected chi connectivity index (χ1v) is 4.26. The van der Waals surface area contributed by atoms with E-state index in [9.17, 15) is 0 Å². The molecule has 0 bridgehead atoms. The van der Waals surface area contributed by atoms with Gasteiger partial charge in [-0.2, -0.15) is 0 Å². The van der Waals surface area contributed by atoms with Gasteiger partial charge in [-0.05, 0) is 6.92 Å². The van der Waals surface area contributed by atoms with E-state index in [1.807, 2.05) is 6.92 Å². The van der Waals surface area contributed by atoms with E-state index in [0.29, 0.717) is 13.2 Å². The third-order valence-electron chi connectivity index (χ3n) is 1.47. The summed E-state index contributed by atoms with van der Waals surface area (Å²) < 4.78 is 10.0. The van der Waals surface area contributed by atoms with Crippen molar-refractivity contribution in [1.82, 2.24) is 5.32 Å². The molecule has 0 fully saturated rings. The highest BCUT2D eigenvalue weighted by Crippen LogP contribution is 1.82. The van der Waals surface area contributed by atoms with Gasteiger partial charge in [-0.25, -0.2) is 0 Å². The van der Waals surface area contributed by atoms with Crippen LogP contribution in [0.4, 0.5) is 0 Å². The Morgan fingerprint density at radius 3 is 2.75 bits per heavy atom. The maximum atomic E-state index is 8.83. The maximum absolute atomic E-state index is 8.83. The molecule has 0 aliphatic rings. The number of nitrogens with one attached hydrogen (secondary N) is 1. The first-order chi connectivity index (χ1) is 5.85.